The van der Waals surface area contributed by atoms with E-state index in [0.717, 1.165) is 26.2 Å². The summed E-state index contributed by atoms with van der Waals surface area (Å²) in [6.07, 6.45) is 0. The van der Waals surface area contributed by atoms with Gasteiger partial charge < -0.3 is 4.74 Å². The molecule has 0 atom stereocenters. The van der Waals surface area contributed by atoms with E-state index in [1.807, 2.05) is 0 Å². The molecular formula is C11H22N2O2. The summed E-state index contributed by atoms with van der Waals surface area (Å²) in [5.41, 5.74) is 0.233. The molecule has 0 aromatic rings. The van der Waals surface area contributed by atoms with Crippen molar-refractivity contribution in [3.63, 3.8) is 0 Å². The second-order valence-electron chi connectivity index (χ2n) is 5.01. The summed E-state index contributed by atoms with van der Waals surface area (Å²) < 4.78 is 4.65. The first-order valence-corrected chi connectivity index (χ1v) is 5.47. The molecule has 1 aliphatic heterocycles. The fraction of sp³-hybridized carbons (Fsp3) is 0.909. The van der Waals surface area contributed by atoms with E-state index < -0.39 is 0 Å². The smallest absolute Gasteiger partial charge is 0.319 e. The molecule has 0 radical (unpaired) electrons. The van der Waals surface area contributed by atoms with Crippen molar-refractivity contribution in [1.29, 1.82) is 0 Å². The molecule has 88 valence electrons. The van der Waals surface area contributed by atoms with E-state index in [2.05, 4.69) is 35.3 Å². The molecule has 1 aliphatic rings. The quantitative estimate of drug-likeness (QED) is 0.629. The number of nitrogens with zero attached hydrogens (tertiary/aromatic N) is 2. The van der Waals surface area contributed by atoms with Crippen molar-refractivity contribution in [1.82, 2.24) is 9.80 Å². The first-order valence-electron chi connectivity index (χ1n) is 5.47. The van der Waals surface area contributed by atoms with Crippen LogP contribution in [0, 0.1) is 0 Å². The van der Waals surface area contributed by atoms with Crippen molar-refractivity contribution in [2.75, 3.05) is 39.8 Å². The topological polar surface area (TPSA) is 32.8 Å². The summed E-state index contributed by atoms with van der Waals surface area (Å²) in [6.45, 7) is 11.1. The Morgan fingerprint density at radius 3 is 2.13 bits per heavy atom. The van der Waals surface area contributed by atoms with Gasteiger partial charge in [-0.15, -0.1) is 0 Å². The van der Waals surface area contributed by atoms with E-state index in [0.29, 0.717) is 6.54 Å². The third-order valence-electron chi connectivity index (χ3n) is 2.90. The minimum Gasteiger partial charge on any atom is -0.468 e. The molecule has 1 rings (SSSR count). The van der Waals surface area contributed by atoms with Crippen molar-refractivity contribution in [3.05, 3.63) is 0 Å². The number of rotatable bonds is 2. The highest BCUT2D eigenvalue weighted by molar-refractivity contribution is 5.71. The Morgan fingerprint density at radius 2 is 1.73 bits per heavy atom. The van der Waals surface area contributed by atoms with Crippen molar-refractivity contribution >= 4 is 5.97 Å². The molecule has 0 amide bonds. The van der Waals surface area contributed by atoms with Crippen LogP contribution >= 0.6 is 0 Å². The van der Waals surface area contributed by atoms with Gasteiger partial charge >= 0.3 is 5.97 Å². The summed E-state index contributed by atoms with van der Waals surface area (Å²) in [6, 6.07) is 0. The molecule has 0 aromatic heterocycles. The maximum Gasteiger partial charge on any atom is 0.319 e. The van der Waals surface area contributed by atoms with E-state index in [4.69, 9.17) is 0 Å². The van der Waals surface area contributed by atoms with Crippen molar-refractivity contribution in [3.8, 4) is 0 Å². The lowest BCUT2D eigenvalue weighted by Gasteiger charge is -2.41. The molecule has 0 spiro atoms. The van der Waals surface area contributed by atoms with E-state index in [1.165, 1.54) is 7.11 Å². The zero-order valence-corrected chi connectivity index (χ0v) is 10.2. The van der Waals surface area contributed by atoms with E-state index in [9.17, 15) is 4.79 Å². The average Bonchev–Trinajstić information content (AvgIpc) is 2.17. The van der Waals surface area contributed by atoms with E-state index >= 15 is 0 Å². The normalized spacial score (nSPS) is 20.3. The number of hydrogen-bond donors (Lipinski definition) is 0. The van der Waals surface area contributed by atoms with Crippen LogP contribution in [0.1, 0.15) is 20.8 Å². The molecule has 15 heavy (non-hydrogen) atoms. The van der Waals surface area contributed by atoms with Crippen LogP contribution in [0.5, 0.6) is 0 Å². The molecule has 0 aromatic carbocycles. The highest BCUT2D eigenvalue weighted by atomic mass is 16.5. The molecule has 0 bridgehead atoms. The number of esters is 1. The zero-order valence-electron chi connectivity index (χ0n) is 10.2. The van der Waals surface area contributed by atoms with Crippen LogP contribution in [0.2, 0.25) is 0 Å². The standard InChI is InChI=1S/C11H22N2O2/c1-11(2,3)13-7-5-12(6-8-13)9-10(14)15-4/h5-9H2,1-4H3. The molecule has 1 heterocycles. The molecule has 0 unspecified atom stereocenters. The second-order valence-corrected chi connectivity index (χ2v) is 5.01. The predicted octanol–water partition coefficient (Wildman–Crippen LogP) is 0.575. The highest BCUT2D eigenvalue weighted by Gasteiger charge is 2.26. The van der Waals surface area contributed by atoms with Crippen LogP contribution in [-0.2, 0) is 9.53 Å². The second kappa shape index (κ2) is 4.94. The van der Waals surface area contributed by atoms with Crippen molar-refractivity contribution in [2.24, 2.45) is 0 Å². The monoisotopic (exact) mass is 214 g/mol. The van der Waals surface area contributed by atoms with Gasteiger partial charge in [0.1, 0.15) is 0 Å². The van der Waals surface area contributed by atoms with Crippen LogP contribution in [-0.4, -0.2) is 61.1 Å². The lowest BCUT2D eigenvalue weighted by atomic mass is 10.1. The summed E-state index contributed by atoms with van der Waals surface area (Å²) in [4.78, 5) is 15.7. The maximum absolute atomic E-state index is 11.1. The maximum atomic E-state index is 11.1. The van der Waals surface area contributed by atoms with Gasteiger partial charge in [0.15, 0.2) is 0 Å². The Morgan fingerprint density at radius 1 is 1.20 bits per heavy atom. The van der Waals surface area contributed by atoms with E-state index in [1.54, 1.807) is 0 Å². The number of piperazine rings is 1. The largest absolute Gasteiger partial charge is 0.468 e. The average molecular weight is 214 g/mol. The number of methoxy groups -OCH3 is 1. The van der Waals surface area contributed by atoms with Crippen LogP contribution in [0.15, 0.2) is 0 Å². The van der Waals surface area contributed by atoms with Gasteiger partial charge in [-0.05, 0) is 20.8 Å². The molecular weight excluding hydrogens is 192 g/mol. The minimum atomic E-state index is -0.140. The van der Waals surface area contributed by atoms with Gasteiger partial charge in [-0.1, -0.05) is 0 Å². The fourth-order valence-electron chi connectivity index (χ4n) is 1.82. The third kappa shape index (κ3) is 3.80. The predicted molar refractivity (Wildman–Crippen MR) is 59.8 cm³/mol. The Kier molecular flexibility index (Phi) is 4.11. The lowest BCUT2D eigenvalue weighted by Crippen LogP contribution is -2.54. The van der Waals surface area contributed by atoms with Crippen molar-refractivity contribution < 1.29 is 9.53 Å². The summed E-state index contributed by atoms with van der Waals surface area (Å²) in [5, 5.41) is 0. The molecule has 0 N–H and O–H groups in total. The highest BCUT2D eigenvalue weighted by Crippen LogP contribution is 2.15. The summed E-state index contributed by atoms with van der Waals surface area (Å²) in [7, 11) is 1.44. The zero-order chi connectivity index (χ0) is 11.5. The first-order chi connectivity index (χ1) is 6.93. The van der Waals surface area contributed by atoms with Crippen LogP contribution < -0.4 is 0 Å². The number of ether oxygens (including phenoxy) is 1. The van der Waals surface area contributed by atoms with Crippen LogP contribution in [0.25, 0.3) is 0 Å². The Bertz CT molecular complexity index is 215. The van der Waals surface area contributed by atoms with Gasteiger partial charge in [-0.25, -0.2) is 0 Å². The number of carbonyl (C=O) groups is 1. The molecule has 0 saturated carbocycles. The van der Waals surface area contributed by atoms with Gasteiger partial charge in [-0.3, -0.25) is 14.6 Å². The Hall–Kier alpha value is -0.610. The van der Waals surface area contributed by atoms with Crippen LogP contribution in [0.3, 0.4) is 0 Å². The van der Waals surface area contributed by atoms with Gasteiger partial charge in [0.05, 0.1) is 13.7 Å². The SMILES string of the molecule is COC(=O)CN1CCN(C(C)(C)C)CC1. The molecule has 4 nitrogen and oxygen atoms in total. The van der Waals surface area contributed by atoms with Crippen LogP contribution in [0.4, 0.5) is 0 Å². The lowest BCUT2D eigenvalue weighted by molar-refractivity contribution is -0.142. The summed E-state index contributed by atoms with van der Waals surface area (Å²) >= 11 is 0. The number of hydrogen-bond acceptors (Lipinski definition) is 4. The summed E-state index contributed by atoms with van der Waals surface area (Å²) in [5.74, 6) is -0.140. The fourth-order valence-corrected chi connectivity index (χ4v) is 1.82. The van der Waals surface area contributed by atoms with Gasteiger partial charge in [0.25, 0.3) is 0 Å². The van der Waals surface area contributed by atoms with Gasteiger partial charge in [-0.2, -0.15) is 0 Å². The van der Waals surface area contributed by atoms with Gasteiger partial charge in [0, 0.05) is 31.7 Å². The van der Waals surface area contributed by atoms with E-state index in [-0.39, 0.29) is 11.5 Å². The van der Waals surface area contributed by atoms with Gasteiger partial charge in [0.2, 0.25) is 0 Å². The Labute approximate surface area is 92.2 Å². The van der Waals surface area contributed by atoms with Crippen molar-refractivity contribution in [2.45, 2.75) is 26.3 Å². The molecule has 4 heteroatoms. The first kappa shape index (κ1) is 12.5. The minimum absolute atomic E-state index is 0.140. The molecule has 1 fully saturated rings. The molecule has 0 aliphatic carbocycles. The third-order valence-corrected chi connectivity index (χ3v) is 2.90. The molecule has 1 saturated heterocycles. The Balaban J connectivity index is 2.33. The number of carbonyl (C=O) groups excluding carboxylic acids is 1.